The van der Waals surface area contributed by atoms with E-state index in [1.807, 2.05) is 13.8 Å². The second-order valence-corrected chi connectivity index (χ2v) is 3.61. The highest BCUT2D eigenvalue weighted by Gasteiger charge is 2.24. The molecule has 1 rings (SSSR count). The Bertz CT molecular complexity index is 218. The first-order valence-electron chi connectivity index (χ1n) is 4.68. The van der Waals surface area contributed by atoms with E-state index in [4.69, 9.17) is 4.74 Å². The number of rotatable bonds is 3. The summed E-state index contributed by atoms with van der Waals surface area (Å²) in [6.07, 6.45) is 2.65. The molecule has 0 saturated carbocycles. The van der Waals surface area contributed by atoms with Crippen LogP contribution >= 0.6 is 0 Å². The number of allylic oxidation sites excluding steroid dienone is 1. The molecule has 1 N–H and O–H groups in total. The fraction of sp³-hybridized carbons (Fsp3) is 0.700. The molecule has 13 heavy (non-hydrogen) atoms. The molecule has 0 fully saturated rings. The third-order valence-electron chi connectivity index (χ3n) is 2.08. The van der Waals surface area contributed by atoms with Crippen molar-refractivity contribution in [2.75, 3.05) is 6.61 Å². The number of ketones is 1. The van der Waals surface area contributed by atoms with E-state index in [0.717, 1.165) is 12.8 Å². The van der Waals surface area contributed by atoms with E-state index in [9.17, 15) is 9.90 Å². The number of Topliss-reactive ketones (excluding diaryl/α,β-unsaturated/α-hetero) is 1. The summed E-state index contributed by atoms with van der Waals surface area (Å²) in [6, 6.07) is 0. The lowest BCUT2D eigenvalue weighted by Crippen LogP contribution is -2.29. The largest absolute Gasteiger partial charge is 0.490 e. The van der Waals surface area contributed by atoms with Gasteiger partial charge in [-0.25, -0.2) is 0 Å². The Kier molecular flexibility index (Phi) is 3.48. The standard InChI is InChI=1S/C10H16O3/c1-7(2)9(11)10(12)8-5-3-4-6-13-8/h5,7,9,11H,3-4,6H2,1-2H3. The molecular formula is C10H16O3. The van der Waals surface area contributed by atoms with Gasteiger partial charge in [-0.1, -0.05) is 13.8 Å². The molecule has 1 heterocycles. The molecule has 1 aliphatic heterocycles. The summed E-state index contributed by atoms with van der Waals surface area (Å²) in [5.41, 5.74) is 0. The first-order valence-corrected chi connectivity index (χ1v) is 4.68. The van der Waals surface area contributed by atoms with Gasteiger partial charge in [0.05, 0.1) is 6.61 Å². The highest BCUT2D eigenvalue weighted by molar-refractivity contribution is 5.97. The van der Waals surface area contributed by atoms with Gasteiger partial charge in [-0.15, -0.1) is 0 Å². The van der Waals surface area contributed by atoms with Crippen molar-refractivity contribution < 1.29 is 14.6 Å². The molecule has 0 amide bonds. The molecule has 1 unspecified atom stereocenters. The van der Waals surface area contributed by atoms with Crippen LogP contribution in [0.1, 0.15) is 26.7 Å². The Labute approximate surface area is 78.4 Å². The van der Waals surface area contributed by atoms with Crippen LogP contribution in [0.5, 0.6) is 0 Å². The molecule has 1 atom stereocenters. The Balaban J connectivity index is 2.60. The van der Waals surface area contributed by atoms with Gasteiger partial charge in [-0.3, -0.25) is 4.79 Å². The normalized spacial score (nSPS) is 19.2. The van der Waals surface area contributed by atoms with E-state index in [1.54, 1.807) is 6.08 Å². The van der Waals surface area contributed by atoms with Gasteiger partial charge < -0.3 is 9.84 Å². The molecule has 3 heteroatoms. The van der Waals surface area contributed by atoms with E-state index < -0.39 is 6.10 Å². The van der Waals surface area contributed by atoms with Crippen LogP contribution < -0.4 is 0 Å². The number of carbonyl (C=O) groups excluding carboxylic acids is 1. The Morgan fingerprint density at radius 3 is 2.77 bits per heavy atom. The van der Waals surface area contributed by atoms with Crippen molar-refractivity contribution in [3.05, 3.63) is 11.8 Å². The van der Waals surface area contributed by atoms with Crippen molar-refractivity contribution in [1.29, 1.82) is 0 Å². The maximum absolute atomic E-state index is 11.5. The summed E-state index contributed by atoms with van der Waals surface area (Å²) in [5, 5.41) is 9.48. The third-order valence-corrected chi connectivity index (χ3v) is 2.08. The van der Waals surface area contributed by atoms with Gasteiger partial charge in [0.25, 0.3) is 0 Å². The minimum atomic E-state index is -0.927. The van der Waals surface area contributed by atoms with Crippen molar-refractivity contribution >= 4 is 5.78 Å². The molecule has 0 spiro atoms. The highest BCUT2D eigenvalue weighted by Crippen LogP contribution is 2.15. The quantitative estimate of drug-likeness (QED) is 0.718. The third kappa shape index (κ3) is 2.56. The molecule has 74 valence electrons. The van der Waals surface area contributed by atoms with Gasteiger partial charge in [-0.05, 0) is 24.8 Å². The van der Waals surface area contributed by atoms with Gasteiger partial charge in [0.15, 0.2) is 5.76 Å². The summed E-state index contributed by atoms with van der Waals surface area (Å²) in [6.45, 7) is 4.21. The first-order chi connectivity index (χ1) is 6.13. The number of aliphatic hydroxyl groups excluding tert-OH is 1. The maximum atomic E-state index is 11.5. The van der Waals surface area contributed by atoms with E-state index in [1.165, 1.54) is 0 Å². The molecule has 0 saturated heterocycles. The van der Waals surface area contributed by atoms with Crippen LogP contribution in [0.4, 0.5) is 0 Å². The highest BCUT2D eigenvalue weighted by atomic mass is 16.5. The second kappa shape index (κ2) is 4.42. The van der Waals surface area contributed by atoms with Crippen LogP contribution in [0.3, 0.4) is 0 Å². The number of ether oxygens (including phenoxy) is 1. The summed E-state index contributed by atoms with van der Waals surface area (Å²) < 4.78 is 5.16. The maximum Gasteiger partial charge on any atom is 0.225 e. The van der Waals surface area contributed by atoms with Crippen molar-refractivity contribution in [3.63, 3.8) is 0 Å². The number of aliphatic hydroxyl groups is 1. The lowest BCUT2D eigenvalue weighted by molar-refractivity contribution is -0.129. The topological polar surface area (TPSA) is 46.5 Å². The molecule has 1 aliphatic rings. The molecule has 0 aliphatic carbocycles. The van der Waals surface area contributed by atoms with Gasteiger partial charge in [0.2, 0.25) is 5.78 Å². The van der Waals surface area contributed by atoms with Crippen molar-refractivity contribution in [2.24, 2.45) is 5.92 Å². The van der Waals surface area contributed by atoms with Gasteiger partial charge in [0.1, 0.15) is 6.10 Å². The van der Waals surface area contributed by atoms with Gasteiger partial charge in [-0.2, -0.15) is 0 Å². The van der Waals surface area contributed by atoms with E-state index in [0.29, 0.717) is 12.4 Å². The van der Waals surface area contributed by atoms with Crippen LogP contribution in [0.25, 0.3) is 0 Å². The molecule has 0 bridgehead atoms. The predicted octanol–water partition coefficient (Wildman–Crippen LogP) is 1.27. The average molecular weight is 184 g/mol. The van der Waals surface area contributed by atoms with Crippen LogP contribution in [0.2, 0.25) is 0 Å². The van der Waals surface area contributed by atoms with Crippen LogP contribution in [-0.2, 0) is 9.53 Å². The summed E-state index contributed by atoms with van der Waals surface area (Å²) in [4.78, 5) is 11.5. The summed E-state index contributed by atoms with van der Waals surface area (Å²) in [5.74, 6) is 0.000997. The number of hydrogen-bond donors (Lipinski definition) is 1. The minimum absolute atomic E-state index is 0.0565. The van der Waals surface area contributed by atoms with Gasteiger partial charge >= 0.3 is 0 Å². The smallest absolute Gasteiger partial charge is 0.225 e. The Morgan fingerprint density at radius 2 is 2.31 bits per heavy atom. The van der Waals surface area contributed by atoms with Crippen LogP contribution in [-0.4, -0.2) is 23.6 Å². The molecule has 3 nitrogen and oxygen atoms in total. The molecule has 0 aromatic rings. The average Bonchev–Trinajstić information content (AvgIpc) is 2.17. The first kappa shape index (κ1) is 10.3. The van der Waals surface area contributed by atoms with Crippen molar-refractivity contribution in [3.8, 4) is 0 Å². The van der Waals surface area contributed by atoms with Crippen LogP contribution in [0.15, 0.2) is 11.8 Å². The fourth-order valence-corrected chi connectivity index (χ4v) is 1.18. The van der Waals surface area contributed by atoms with Crippen LogP contribution in [0, 0.1) is 5.92 Å². The zero-order chi connectivity index (χ0) is 9.84. The zero-order valence-corrected chi connectivity index (χ0v) is 8.12. The zero-order valence-electron chi connectivity index (χ0n) is 8.12. The van der Waals surface area contributed by atoms with E-state index in [2.05, 4.69) is 0 Å². The molecule has 0 aromatic carbocycles. The lowest BCUT2D eigenvalue weighted by atomic mass is 10.0. The Hall–Kier alpha value is -0.830. The predicted molar refractivity (Wildman–Crippen MR) is 49.1 cm³/mol. The molecular weight excluding hydrogens is 168 g/mol. The van der Waals surface area contributed by atoms with Crippen molar-refractivity contribution in [1.82, 2.24) is 0 Å². The number of carbonyl (C=O) groups is 1. The summed E-state index contributed by atoms with van der Waals surface area (Å²) in [7, 11) is 0. The van der Waals surface area contributed by atoms with E-state index in [-0.39, 0.29) is 11.7 Å². The summed E-state index contributed by atoms with van der Waals surface area (Å²) >= 11 is 0. The van der Waals surface area contributed by atoms with E-state index >= 15 is 0 Å². The molecule has 0 aromatic heterocycles. The SMILES string of the molecule is CC(C)C(O)C(=O)C1=CCCCO1. The van der Waals surface area contributed by atoms with Gasteiger partial charge in [0, 0.05) is 0 Å². The van der Waals surface area contributed by atoms with Crippen molar-refractivity contribution in [2.45, 2.75) is 32.8 Å². The second-order valence-electron chi connectivity index (χ2n) is 3.61. The fourth-order valence-electron chi connectivity index (χ4n) is 1.18. The monoisotopic (exact) mass is 184 g/mol. The number of hydrogen-bond acceptors (Lipinski definition) is 3. The molecule has 0 radical (unpaired) electrons. The lowest BCUT2D eigenvalue weighted by Gasteiger charge is -2.18. The minimum Gasteiger partial charge on any atom is -0.490 e. The Morgan fingerprint density at radius 1 is 1.62 bits per heavy atom.